The van der Waals surface area contributed by atoms with Crippen LogP contribution in [0.4, 0.5) is 0 Å². The van der Waals surface area contributed by atoms with Crippen molar-refractivity contribution in [2.75, 3.05) is 6.54 Å². The number of hydrogen-bond acceptors (Lipinski definition) is 2. The van der Waals surface area contributed by atoms with E-state index in [1.807, 2.05) is 0 Å². The SMILES string of the molecule is C=C(C)[C@@H]1CC[C@]2(CN)CC[C@]3(C)[C@H](CC[C@@H]4[C@@]5(C)CCC(=O)NC(C)(C)[C@@H]5CC[C@]43C)[C@@H]12. The fourth-order valence-corrected chi connectivity index (χ4v) is 11.4. The van der Waals surface area contributed by atoms with Gasteiger partial charge >= 0.3 is 0 Å². The average Bonchev–Trinajstić information content (AvgIpc) is 3.09. The molecule has 0 radical (unpaired) electrons. The van der Waals surface area contributed by atoms with Crippen LogP contribution in [0.2, 0.25) is 0 Å². The number of nitrogens with two attached hydrogens (primary N) is 1. The van der Waals surface area contributed by atoms with Crippen LogP contribution in [0.5, 0.6) is 0 Å². The second kappa shape index (κ2) is 7.34. The van der Waals surface area contributed by atoms with Gasteiger partial charge in [-0.15, -0.1) is 0 Å². The van der Waals surface area contributed by atoms with Crippen LogP contribution >= 0.6 is 0 Å². The van der Waals surface area contributed by atoms with E-state index in [4.69, 9.17) is 5.73 Å². The molecule has 1 amide bonds. The van der Waals surface area contributed by atoms with E-state index in [0.29, 0.717) is 40.4 Å². The Labute approximate surface area is 203 Å². The van der Waals surface area contributed by atoms with E-state index in [-0.39, 0.29) is 16.9 Å². The lowest BCUT2D eigenvalue weighted by atomic mass is 9.33. The third kappa shape index (κ3) is 2.99. The molecule has 1 heterocycles. The van der Waals surface area contributed by atoms with Crippen molar-refractivity contribution < 1.29 is 4.79 Å². The Balaban J connectivity index is 1.56. The summed E-state index contributed by atoms with van der Waals surface area (Å²) in [5.74, 6) is 3.67. The van der Waals surface area contributed by atoms with Crippen molar-refractivity contribution in [1.29, 1.82) is 0 Å². The molecule has 1 aliphatic heterocycles. The average molecular weight is 455 g/mol. The molecule has 3 heteroatoms. The third-order valence-electron chi connectivity index (χ3n) is 13.1. The van der Waals surface area contributed by atoms with Gasteiger partial charge in [0.15, 0.2) is 0 Å². The Morgan fingerprint density at radius 3 is 2.33 bits per heavy atom. The lowest BCUT2D eigenvalue weighted by Crippen LogP contribution is -2.66. The molecule has 0 unspecified atom stereocenters. The molecule has 5 aliphatic rings. The number of carbonyl (C=O) groups is 1. The van der Waals surface area contributed by atoms with Crippen LogP contribution in [0.15, 0.2) is 12.2 Å². The van der Waals surface area contributed by atoms with Crippen molar-refractivity contribution in [2.24, 2.45) is 57.0 Å². The summed E-state index contributed by atoms with van der Waals surface area (Å²) < 4.78 is 0. The summed E-state index contributed by atoms with van der Waals surface area (Å²) >= 11 is 0. The molecule has 3 N–H and O–H groups in total. The molecule has 4 aliphatic carbocycles. The molecule has 5 rings (SSSR count). The van der Waals surface area contributed by atoms with Gasteiger partial charge in [0, 0.05) is 12.0 Å². The minimum Gasteiger partial charge on any atom is -0.351 e. The summed E-state index contributed by atoms with van der Waals surface area (Å²) in [4.78, 5) is 12.7. The molecule has 0 aromatic heterocycles. The van der Waals surface area contributed by atoms with Gasteiger partial charge in [-0.05, 0) is 136 Å². The number of fused-ring (bicyclic) bond motifs is 7. The number of carbonyl (C=O) groups excluding carboxylic acids is 1. The quantitative estimate of drug-likeness (QED) is 0.470. The predicted octanol–water partition coefficient (Wildman–Crippen LogP) is 6.47. The molecule has 0 aromatic carbocycles. The van der Waals surface area contributed by atoms with E-state index in [1.54, 1.807) is 0 Å². The minimum atomic E-state index is -0.112. The van der Waals surface area contributed by atoms with Gasteiger partial charge in [-0.1, -0.05) is 32.9 Å². The standard InChI is InChI=1S/C30H50N2O/c1-19(2)20-10-15-30(18-31)17-16-28(6)21(25(20)30)8-9-23-27(5)13-12-24(33)32-26(3,4)22(27)11-14-29(23,28)7/h20-23,25H,1,8-18,31H2,2-7H3,(H,32,33)/t20-,21+,22-,23+,25+,27-,28+,29+,30+/m0/s1. The summed E-state index contributed by atoms with van der Waals surface area (Å²) in [7, 11) is 0. The fraction of sp³-hybridized carbons (Fsp3) is 0.900. The fourth-order valence-electron chi connectivity index (χ4n) is 11.4. The summed E-state index contributed by atoms with van der Waals surface area (Å²) in [6.45, 7) is 20.1. The number of nitrogens with one attached hydrogen (secondary N) is 1. The largest absolute Gasteiger partial charge is 0.351 e. The smallest absolute Gasteiger partial charge is 0.220 e. The maximum Gasteiger partial charge on any atom is 0.220 e. The van der Waals surface area contributed by atoms with E-state index in [1.165, 1.54) is 56.9 Å². The highest BCUT2D eigenvalue weighted by Gasteiger charge is 2.70. The highest BCUT2D eigenvalue weighted by molar-refractivity contribution is 5.77. The van der Waals surface area contributed by atoms with Crippen LogP contribution in [0, 0.1) is 51.2 Å². The van der Waals surface area contributed by atoms with Gasteiger partial charge in [-0.2, -0.15) is 0 Å². The van der Waals surface area contributed by atoms with Crippen LogP contribution in [0.1, 0.15) is 106 Å². The van der Waals surface area contributed by atoms with Gasteiger partial charge < -0.3 is 11.1 Å². The molecule has 33 heavy (non-hydrogen) atoms. The van der Waals surface area contributed by atoms with Gasteiger partial charge in [0.1, 0.15) is 0 Å². The van der Waals surface area contributed by atoms with Crippen molar-refractivity contribution in [3.05, 3.63) is 12.2 Å². The van der Waals surface area contributed by atoms with Gasteiger partial charge in [0.05, 0.1) is 0 Å². The minimum absolute atomic E-state index is 0.112. The van der Waals surface area contributed by atoms with Crippen molar-refractivity contribution in [3.8, 4) is 0 Å². The molecule has 4 saturated carbocycles. The molecule has 0 bridgehead atoms. The molecule has 9 atom stereocenters. The Morgan fingerprint density at radius 1 is 0.939 bits per heavy atom. The molecule has 0 spiro atoms. The van der Waals surface area contributed by atoms with Crippen LogP contribution in [0.25, 0.3) is 0 Å². The lowest BCUT2D eigenvalue weighted by molar-refractivity contribution is -0.222. The van der Waals surface area contributed by atoms with Gasteiger partial charge in [0.25, 0.3) is 0 Å². The van der Waals surface area contributed by atoms with E-state index in [2.05, 4.69) is 53.4 Å². The van der Waals surface area contributed by atoms with Crippen molar-refractivity contribution in [3.63, 3.8) is 0 Å². The summed E-state index contributed by atoms with van der Waals surface area (Å²) in [5.41, 5.74) is 9.14. The number of hydrogen-bond donors (Lipinski definition) is 2. The van der Waals surface area contributed by atoms with Crippen LogP contribution in [0.3, 0.4) is 0 Å². The monoisotopic (exact) mass is 454 g/mol. The molecule has 0 aromatic rings. The van der Waals surface area contributed by atoms with E-state index in [0.717, 1.165) is 24.8 Å². The first-order valence-electron chi connectivity index (χ1n) is 14.0. The van der Waals surface area contributed by atoms with E-state index in [9.17, 15) is 4.79 Å². The topological polar surface area (TPSA) is 55.1 Å². The van der Waals surface area contributed by atoms with E-state index >= 15 is 0 Å². The maximum absolute atomic E-state index is 12.7. The molecule has 1 saturated heterocycles. The second-order valence-electron chi connectivity index (χ2n) is 14.5. The first kappa shape index (κ1) is 23.9. The molecular formula is C30H50N2O. The first-order valence-corrected chi connectivity index (χ1v) is 14.0. The summed E-state index contributed by atoms with van der Waals surface area (Å²) in [6.07, 6.45) is 12.2. The molecule has 5 fully saturated rings. The zero-order valence-electron chi connectivity index (χ0n) is 22.4. The lowest BCUT2D eigenvalue weighted by Gasteiger charge is -2.71. The zero-order chi connectivity index (χ0) is 24.0. The Bertz CT molecular complexity index is 848. The summed E-state index contributed by atoms with van der Waals surface area (Å²) in [6, 6.07) is 0. The molecule has 186 valence electrons. The summed E-state index contributed by atoms with van der Waals surface area (Å²) in [5, 5.41) is 3.41. The molecular weight excluding hydrogens is 404 g/mol. The Morgan fingerprint density at radius 2 is 1.67 bits per heavy atom. The van der Waals surface area contributed by atoms with Crippen LogP contribution in [-0.2, 0) is 4.79 Å². The van der Waals surface area contributed by atoms with Crippen molar-refractivity contribution in [1.82, 2.24) is 5.32 Å². The number of amides is 1. The van der Waals surface area contributed by atoms with Crippen molar-refractivity contribution >= 4 is 5.91 Å². The highest BCUT2D eigenvalue weighted by atomic mass is 16.1. The maximum atomic E-state index is 12.7. The third-order valence-corrected chi connectivity index (χ3v) is 13.1. The zero-order valence-corrected chi connectivity index (χ0v) is 22.4. The number of rotatable bonds is 2. The van der Waals surface area contributed by atoms with Gasteiger partial charge in [-0.25, -0.2) is 0 Å². The highest BCUT2D eigenvalue weighted by Crippen LogP contribution is 2.76. The molecule has 3 nitrogen and oxygen atoms in total. The van der Waals surface area contributed by atoms with Gasteiger partial charge in [0.2, 0.25) is 5.91 Å². The van der Waals surface area contributed by atoms with Crippen molar-refractivity contribution in [2.45, 2.75) is 111 Å². The van der Waals surface area contributed by atoms with Crippen LogP contribution in [-0.4, -0.2) is 18.0 Å². The first-order chi connectivity index (χ1) is 15.3. The van der Waals surface area contributed by atoms with E-state index < -0.39 is 0 Å². The predicted molar refractivity (Wildman–Crippen MR) is 136 cm³/mol. The Hall–Kier alpha value is -0.830. The Kier molecular flexibility index (Phi) is 5.31. The number of allylic oxidation sites excluding steroid dienone is 1. The second-order valence-corrected chi connectivity index (χ2v) is 14.5. The van der Waals surface area contributed by atoms with Crippen LogP contribution < -0.4 is 11.1 Å². The van der Waals surface area contributed by atoms with Gasteiger partial charge in [-0.3, -0.25) is 4.79 Å². The normalized spacial score (nSPS) is 53.1.